The van der Waals surface area contributed by atoms with Gasteiger partial charge in [0.15, 0.2) is 5.58 Å². The second kappa shape index (κ2) is 14.1. The number of benzene rings is 10. The highest BCUT2D eigenvalue weighted by atomic mass is 16.3. The molecule has 10 aromatic carbocycles. The summed E-state index contributed by atoms with van der Waals surface area (Å²) >= 11 is 0. The van der Waals surface area contributed by atoms with Crippen molar-refractivity contribution in [1.29, 1.82) is 0 Å². The van der Waals surface area contributed by atoms with Gasteiger partial charge in [-0.05, 0) is 103 Å². The zero-order chi connectivity index (χ0) is 40.3. The fourth-order valence-corrected chi connectivity index (χ4v) is 10.0. The van der Waals surface area contributed by atoms with Crippen LogP contribution in [0.2, 0.25) is 0 Å². The molecule has 0 bridgehead atoms. The van der Waals surface area contributed by atoms with Gasteiger partial charge in [0.25, 0.3) is 0 Å². The summed E-state index contributed by atoms with van der Waals surface area (Å²) in [6, 6.07) is 85.8. The number of furan rings is 1. The van der Waals surface area contributed by atoms with Gasteiger partial charge in [-0.3, -0.25) is 0 Å². The number of hydrogen-bond acceptors (Lipinski definition) is 2. The van der Waals surface area contributed by atoms with Crippen molar-refractivity contribution in [1.82, 2.24) is 0 Å². The van der Waals surface area contributed by atoms with Crippen LogP contribution in [0.5, 0.6) is 0 Å². The maximum absolute atomic E-state index is 7.06. The first-order valence-corrected chi connectivity index (χ1v) is 21.0. The van der Waals surface area contributed by atoms with Crippen molar-refractivity contribution >= 4 is 49.8 Å². The maximum atomic E-state index is 7.06. The predicted molar refractivity (Wildman–Crippen MR) is 254 cm³/mol. The van der Waals surface area contributed by atoms with E-state index >= 15 is 0 Å². The van der Waals surface area contributed by atoms with E-state index in [2.05, 4.69) is 241 Å². The van der Waals surface area contributed by atoms with Crippen molar-refractivity contribution in [2.75, 3.05) is 4.90 Å². The third kappa shape index (κ3) is 5.50. The molecule has 12 rings (SSSR count). The first-order chi connectivity index (χ1) is 30.3. The van der Waals surface area contributed by atoms with Gasteiger partial charge in [-0.1, -0.05) is 194 Å². The van der Waals surface area contributed by atoms with Crippen LogP contribution in [0.4, 0.5) is 17.1 Å². The van der Waals surface area contributed by atoms with Crippen LogP contribution >= 0.6 is 0 Å². The third-order valence-electron chi connectivity index (χ3n) is 12.8. The van der Waals surface area contributed by atoms with Gasteiger partial charge in [0.05, 0.1) is 16.8 Å². The van der Waals surface area contributed by atoms with Gasteiger partial charge in [-0.2, -0.15) is 0 Å². The molecule has 1 aliphatic carbocycles. The Kier molecular flexibility index (Phi) is 8.11. The average Bonchev–Trinajstić information content (AvgIpc) is 3.86. The molecule has 0 N–H and O–H groups in total. The Morgan fingerprint density at radius 1 is 0.344 bits per heavy atom. The lowest BCUT2D eigenvalue weighted by atomic mass is 9.67. The van der Waals surface area contributed by atoms with Gasteiger partial charge in [-0.15, -0.1) is 0 Å². The lowest BCUT2D eigenvalue weighted by molar-refractivity contribution is 0.669. The second-order valence-electron chi connectivity index (χ2n) is 16.0. The fraction of sp³-hybridized carbons (Fsp3) is 0.0169. The summed E-state index contributed by atoms with van der Waals surface area (Å²) in [6.07, 6.45) is 0. The van der Waals surface area contributed by atoms with Crippen molar-refractivity contribution < 1.29 is 4.42 Å². The number of anilines is 3. The molecule has 0 saturated heterocycles. The Hall–Kier alpha value is -7.94. The molecule has 1 heterocycles. The zero-order valence-electron chi connectivity index (χ0n) is 33.4. The largest absolute Gasteiger partial charge is 0.454 e. The molecule has 0 spiro atoms. The number of nitrogens with zero attached hydrogens (tertiary/aromatic N) is 1. The van der Waals surface area contributed by atoms with Crippen LogP contribution in [-0.4, -0.2) is 0 Å². The topological polar surface area (TPSA) is 16.4 Å². The normalized spacial score (nSPS) is 12.7. The Bertz CT molecular complexity index is 3360. The zero-order valence-corrected chi connectivity index (χ0v) is 33.4. The summed E-state index contributed by atoms with van der Waals surface area (Å²) in [5, 5.41) is 4.54. The minimum atomic E-state index is -0.465. The predicted octanol–water partition coefficient (Wildman–Crippen LogP) is 15.9. The molecule has 0 radical (unpaired) electrons. The Labute approximate surface area is 355 Å². The van der Waals surface area contributed by atoms with E-state index < -0.39 is 5.41 Å². The van der Waals surface area contributed by atoms with E-state index in [9.17, 15) is 0 Å². The highest BCUT2D eigenvalue weighted by Crippen LogP contribution is 2.57. The van der Waals surface area contributed by atoms with Crippen LogP contribution in [0.3, 0.4) is 0 Å². The van der Waals surface area contributed by atoms with Gasteiger partial charge in [0.1, 0.15) is 5.58 Å². The SMILES string of the molecule is c1ccc(-c2ccc(N(c3cccc4ccccc34)c3cccc4c3oc3cc(-c5ccc6c(c5)C(c5ccccc5)(c5ccccc5)c5ccccc5-6)ccc34)cc2)cc1. The minimum Gasteiger partial charge on any atom is -0.454 e. The Morgan fingerprint density at radius 2 is 0.902 bits per heavy atom. The molecule has 1 aromatic heterocycles. The van der Waals surface area contributed by atoms with E-state index in [1.165, 1.54) is 55.3 Å². The van der Waals surface area contributed by atoms with Crippen LogP contribution in [0.1, 0.15) is 22.3 Å². The number of fused-ring (bicyclic) bond motifs is 7. The van der Waals surface area contributed by atoms with E-state index in [1.807, 2.05) is 0 Å². The summed E-state index contributed by atoms with van der Waals surface area (Å²) in [4.78, 5) is 2.35. The molecule has 2 nitrogen and oxygen atoms in total. The molecule has 0 unspecified atom stereocenters. The molecular formula is C59H39NO. The van der Waals surface area contributed by atoms with E-state index in [1.54, 1.807) is 0 Å². The monoisotopic (exact) mass is 777 g/mol. The summed E-state index contributed by atoms with van der Waals surface area (Å²) < 4.78 is 7.06. The molecule has 11 aromatic rings. The van der Waals surface area contributed by atoms with Gasteiger partial charge in [-0.25, -0.2) is 0 Å². The van der Waals surface area contributed by atoms with Crippen molar-refractivity contribution in [3.05, 3.63) is 259 Å². The number of para-hydroxylation sites is 1. The van der Waals surface area contributed by atoms with Crippen molar-refractivity contribution in [2.24, 2.45) is 0 Å². The smallest absolute Gasteiger partial charge is 0.159 e. The first-order valence-electron chi connectivity index (χ1n) is 21.0. The highest BCUT2D eigenvalue weighted by molar-refractivity contribution is 6.12. The molecule has 0 aliphatic heterocycles. The summed E-state index contributed by atoms with van der Waals surface area (Å²) in [5.41, 5.74) is 16.7. The first kappa shape index (κ1) is 35.0. The van der Waals surface area contributed by atoms with Crippen LogP contribution in [0.25, 0.3) is 66.1 Å². The van der Waals surface area contributed by atoms with Crippen LogP contribution in [-0.2, 0) is 5.41 Å². The third-order valence-corrected chi connectivity index (χ3v) is 12.8. The Morgan fingerprint density at radius 3 is 1.69 bits per heavy atom. The number of hydrogen-bond donors (Lipinski definition) is 0. The minimum absolute atomic E-state index is 0.465. The van der Waals surface area contributed by atoms with Gasteiger partial charge < -0.3 is 9.32 Å². The highest BCUT2D eigenvalue weighted by Gasteiger charge is 2.46. The molecule has 0 amide bonds. The van der Waals surface area contributed by atoms with Crippen LogP contribution < -0.4 is 4.90 Å². The molecular weight excluding hydrogens is 739 g/mol. The summed E-state index contributed by atoms with van der Waals surface area (Å²) in [6.45, 7) is 0. The number of rotatable bonds is 7. The molecule has 2 heteroatoms. The van der Waals surface area contributed by atoms with Crippen molar-refractivity contribution in [3.63, 3.8) is 0 Å². The molecule has 0 fully saturated rings. The summed E-state index contributed by atoms with van der Waals surface area (Å²) in [5.74, 6) is 0. The average molecular weight is 778 g/mol. The van der Waals surface area contributed by atoms with Gasteiger partial charge >= 0.3 is 0 Å². The lowest BCUT2D eigenvalue weighted by Gasteiger charge is -2.34. The molecule has 0 atom stereocenters. The fourth-order valence-electron chi connectivity index (χ4n) is 10.0. The van der Waals surface area contributed by atoms with E-state index in [0.717, 1.165) is 50.1 Å². The van der Waals surface area contributed by atoms with Crippen molar-refractivity contribution in [2.45, 2.75) is 5.41 Å². The second-order valence-corrected chi connectivity index (χ2v) is 16.0. The van der Waals surface area contributed by atoms with E-state index in [-0.39, 0.29) is 0 Å². The lowest BCUT2D eigenvalue weighted by Crippen LogP contribution is -2.28. The summed E-state index contributed by atoms with van der Waals surface area (Å²) in [7, 11) is 0. The van der Waals surface area contributed by atoms with Gasteiger partial charge in [0, 0.05) is 21.8 Å². The molecule has 286 valence electrons. The van der Waals surface area contributed by atoms with Gasteiger partial charge in [0.2, 0.25) is 0 Å². The van der Waals surface area contributed by atoms with Crippen LogP contribution in [0.15, 0.2) is 241 Å². The standard InChI is InChI=1S/C59H39NO/c1-4-16-40(17-5-1)41-30-34-47(35-31-41)60(55-28-14-19-42-18-10-11-24-48(42)55)56-29-15-26-52-51-37-33-44(39-57(51)61-58(52)56)43-32-36-50-49-25-12-13-27-53(49)59(54(50)38-43,45-20-6-2-7-21-45)46-22-8-3-9-23-46/h1-39H. The van der Waals surface area contributed by atoms with E-state index in [4.69, 9.17) is 4.42 Å². The van der Waals surface area contributed by atoms with Crippen molar-refractivity contribution in [3.8, 4) is 33.4 Å². The quantitative estimate of drug-likeness (QED) is 0.160. The van der Waals surface area contributed by atoms with Crippen LogP contribution in [0, 0.1) is 0 Å². The molecule has 61 heavy (non-hydrogen) atoms. The Balaban J connectivity index is 1.02. The molecule has 1 aliphatic rings. The van der Waals surface area contributed by atoms with E-state index in [0.29, 0.717) is 0 Å². The maximum Gasteiger partial charge on any atom is 0.159 e. The molecule has 0 saturated carbocycles.